The van der Waals surface area contributed by atoms with E-state index < -0.39 is 11.6 Å². The van der Waals surface area contributed by atoms with E-state index in [4.69, 9.17) is 4.42 Å². The predicted octanol–water partition coefficient (Wildman–Crippen LogP) is 3.85. The van der Waals surface area contributed by atoms with Crippen LogP contribution < -0.4 is 5.32 Å². The van der Waals surface area contributed by atoms with E-state index in [1.807, 2.05) is 29.2 Å². The summed E-state index contributed by atoms with van der Waals surface area (Å²) in [5.74, 6) is 2.19. The van der Waals surface area contributed by atoms with Gasteiger partial charge in [-0.15, -0.1) is 0 Å². The molecule has 4 rings (SSSR count). The number of nitrogens with one attached hydrogen (secondary N) is 1. The molecule has 7 nitrogen and oxygen atoms in total. The lowest BCUT2D eigenvalue weighted by molar-refractivity contribution is -0.161. The minimum atomic E-state index is -0.722. The van der Waals surface area contributed by atoms with E-state index in [1.165, 1.54) is 0 Å². The van der Waals surface area contributed by atoms with Gasteiger partial charge in [0.05, 0.1) is 6.54 Å². The van der Waals surface area contributed by atoms with Gasteiger partial charge in [-0.05, 0) is 55.9 Å². The molecule has 4 heterocycles. The number of furan rings is 1. The van der Waals surface area contributed by atoms with Crippen LogP contribution in [-0.2, 0) is 16.1 Å². The average molecular weight is 453 g/mol. The Morgan fingerprint density at radius 2 is 2.00 bits per heavy atom. The molecule has 0 saturated carbocycles. The number of rotatable bonds is 8. The fraction of sp³-hybridized carbons (Fsp3) is 0.577. The molecule has 33 heavy (non-hydrogen) atoms. The fourth-order valence-corrected chi connectivity index (χ4v) is 5.07. The first-order valence-electron chi connectivity index (χ1n) is 12.3. The van der Waals surface area contributed by atoms with Gasteiger partial charge in [0, 0.05) is 37.6 Å². The van der Waals surface area contributed by atoms with Crippen molar-refractivity contribution in [1.29, 1.82) is 0 Å². The number of likely N-dealkylation sites (tertiary alicyclic amines) is 1. The number of nitrogens with zero attached hydrogens (tertiary/aromatic N) is 3. The van der Waals surface area contributed by atoms with Gasteiger partial charge in [0.25, 0.3) is 0 Å². The molecule has 2 aliphatic heterocycles. The number of aromatic nitrogens is 1. The number of hydrogen-bond acceptors (Lipinski definition) is 5. The molecule has 0 bridgehead atoms. The summed E-state index contributed by atoms with van der Waals surface area (Å²) in [6.07, 6.45) is 7.45. The largest absolute Gasteiger partial charge is 0.460 e. The maximum absolute atomic E-state index is 13.4. The Labute approximate surface area is 196 Å². The molecule has 1 spiro atoms. The van der Waals surface area contributed by atoms with Gasteiger partial charge in [-0.3, -0.25) is 19.5 Å². The molecule has 0 aliphatic carbocycles. The van der Waals surface area contributed by atoms with Crippen molar-refractivity contribution in [3.05, 3.63) is 42.4 Å². The summed E-state index contributed by atoms with van der Waals surface area (Å²) in [5, 5.41) is 3.08. The second-order valence-corrected chi connectivity index (χ2v) is 9.81. The molecule has 7 heteroatoms. The summed E-state index contributed by atoms with van der Waals surface area (Å²) in [6, 6.07) is 7.47. The Morgan fingerprint density at radius 1 is 1.21 bits per heavy atom. The Kier molecular flexibility index (Phi) is 7.17. The number of hydrogen-bond donors (Lipinski definition) is 1. The van der Waals surface area contributed by atoms with Crippen molar-refractivity contribution < 1.29 is 14.0 Å². The fourth-order valence-electron chi connectivity index (χ4n) is 5.07. The number of pyridine rings is 1. The number of amides is 2. The van der Waals surface area contributed by atoms with E-state index in [1.54, 1.807) is 12.4 Å². The molecule has 2 amide bonds. The number of carbonyl (C=O) groups excluding carboxylic acids is 2. The summed E-state index contributed by atoms with van der Waals surface area (Å²) in [5.41, 5.74) is 0.238. The number of piperazine rings is 1. The minimum absolute atomic E-state index is 0.0281. The monoisotopic (exact) mass is 452 g/mol. The van der Waals surface area contributed by atoms with E-state index in [-0.39, 0.29) is 11.8 Å². The highest BCUT2D eigenvalue weighted by molar-refractivity contribution is 6.00. The minimum Gasteiger partial charge on any atom is -0.460 e. The van der Waals surface area contributed by atoms with Crippen molar-refractivity contribution in [2.45, 2.75) is 71.0 Å². The van der Waals surface area contributed by atoms with Gasteiger partial charge in [-0.2, -0.15) is 0 Å². The Bertz CT molecular complexity index is 947. The van der Waals surface area contributed by atoms with Crippen LogP contribution in [0.25, 0.3) is 11.3 Å². The topological polar surface area (TPSA) is 78.7 Å². The zero-order valence-electron chi connectivity index (χ0n) is 20.0. The molecule has 0 radical (unpaired) electrons. The summed E-state index contributed by atoms with van der Waals surface area (Å²) in [7, 11) is 0. The quantitative estimate of drug-likeness (QED) is 0.658. The molecule has 2 aromatic heterocycles. The highest BCUT2D eigenvalue weighted by Gasteiger charge is 2.53. The van der Waals surface area contributed by atoms with E-state index in [0.717, 1.165) is 43.0 Å². The normalized spacial score (nSPS) is 21.1. The van der Waals surface area contributed by atoms with Crippen LogP contribution in [-0.4, -0.2) is 57.8 Å². The molecule has 1 atom stereocenters. The molecule has 2 fully saturated rings. The zero-order valence-corrected chi connectivity index (χ0v) is 20.0. The molecule has 1 unspecified atom stereocenters. The highest BCUT2D eigenvalue weighted by atomic mass is 16.3. The summed E-state index contributed by atoms with van der Waals surface area (Å²) in [4.78, 5) is 35.1. The van der Waals surface area contributed by atoms with Crippen molar-refractivity contribution in [1.82, 2.24) is 20.1 Å². The molecule has 2 aromatic rings. The summed E-state index contributed by atoms with van der Waals surface area (Å²) >= 11 is 0. The van der Waals surface area contributed by atoms with E-state index >= 15 is 0 Å². The Balaban J connectivity index is 1.43. The Hall–Kier alpha value is -2.67. The van der Waals surface area contributed by atoms with Crippen molar-refractivity contribution >= 4 is 11.8 Å². The van der Waals surface area contributed by atoms with Crippen molar-refractivity contribution in [2.24, 2.45) is 5.92 Å². The third kappa shape index (κ3) is 4.98. The van der Waals surface area contributed by atoms with Crippen molar-refractivity contribution in [3.8, 4) is 11.3 Å². The lowest BCUT2D eigenvalue weighted by Gasteiger charge is -2.51. The standard InChI is InChI=1S/C26H36N4O3/c1-4-5-13-30-24(31)22(16-19(2)3)28-25(32)26(30)10-14-29(15-11-26)18-21-8-9-23(33-21)20-7-6-12-27-17-20/h6-9,12,17,19,22H,4-5,10-11,13-16,18H2,1-3H3,(H,28,32). The van der Waals surface area contributed by atoms with Crippen molar-refractivity contribution in [3.63, 3.8) is 0 Å². The van der Waals surface area contributed by atoms with Crippen LogP contribution in [0.4, 0.5) is 0 Å². The van der Waals surface area contributed by atoms with Gasteiger partial charge < -0.3 is 14.6 Å². The highest BCUT2D eigenvalue weighted by Crippen LogP contribution is 2.35. The van der Waals surface area contributed by atoms with E-state index in [9.17, 15) is 9.59 Å². The van der Waals surface area contributed by atoms with Crippen LogP contribution >= 0.6 is 0 Å². The molecular weight excluding hydrogens is 416 g/mol. The van der Waals surface area contributed by atoms with Gasteiger partial charge in [0.2, 0.25) is 11.8 Å². The second kappa shape index (κ2) is 10.1. The van der Waals surface area contributed by atoms with Gasteiger partial charge in [0.15, 0.2) is 0 Å². The summed E-state index contributed by atoms with van der Waals surface area (Å²) in [6.45, 7) is 9.15. The third-order valence-electron chi connectivity index (χ3n) is 6.92. The average Bonchev–Trinajstić information content (AvgIpc) is 3.28. The second-order valence-electron chi connectivity index (χ2n) is 9.81. The molecule has 178 valence electrons. The SMILES string of the molecule is CCCCN1C(=O)C(CC(C)C)NC(=O)C12CCN(Cc1ccc(-c3cccnc3)o1)CC2. The van der Waals surface area contributed by atoms with Crippen molar-refractivity contribution in [2.75, 3.05) is 19.6 Å². The maximum atomic E-state index is 13.4. The van der Waals surface area contributed by atoms with Crippen LogP contribution in [0, 0.1) is 5.92 Å². The predicted molar refractivity (Wildman–Crippen MR) is 127 cm³/mol. The van der Waals surface area contributed by atoms with Gasteiger partial charge in [-0.25, -0.2) is 0 Å². The summed E-state index contributed by atoms with van der Waals surface area (Å²) < 4.78 is 6.05. The van der Waals surface area contributed by atoms with Gasteiger partial charge >= 0.3 is 0 Å². The molecular formula is C26H36N4O3. The van der Waals surface area contributed by atoms with E-state index in [0.29, 0.717) is 38.3 Å². The zero-order chi connectivity index (χ0) is 23.4. The molecule has 2 aliphatic rings. The van der Waals surface area contributed by atoms with Crippen LogP contribution in [0.5, 0.6) is 0 Å². The smallest absolute Gasteiger partial charge is 0.246 e. The van der Waals surface area contributed by atoms with Crippen LogP contribution in [0.1, 0.15) is 58.6 Å². The molecule has 2 saturated heterocycles. The van der Waals surface area contributed by atoms with Gasteiger partial charge in [-0.1, -0.05) is 27.2 Å². The number of unbranched alkanes of at least 4 members (excludes halogenated alkanes) is 1. The first kappa shape index (κ1) is 23.5. The molecule has 1 N–H and O–H groups in total. The Morgan fingerprint density at radius 3 is 2.67 bits per heavy atom. The number of carbonyl (C=O) groups is 2. The lowest BCUT2D eigenvalue weighted by atomic mass is 9.80. The maximum Gasteiger partial charge on any atom is 0.246 e. The van der Waals surface area contributed by atoms with Crippen LogP contribution in [0.2, 0.25) is 0 Å². The van der Waals surface area contributed by atoms with E-state index in [2.05, 4.69) is 36.0 Å². The molecule has 0 aromatic carbocycles. The third-order valence-corrected chi connectivity index (χ3v) is 6.92. The lowest BCUT2D eigenvalue weighted by Crippen LogP contribution is -2.73. The van der Waals surface area contributed by atoms with Gasteiger partial charge in [0.1, 0.15) is 23.1 Å². The first-order chi connectivity index (χ1) is 15.9. The first-order valence-corrected chi connectivity index (χ1v) is 12.3. The van der Waals surface area contributed by atoms with Crippen LogP contribution in [0.15, 0.2) is 41.1 Å². The number of piperidine rings is 1. The van der Waals surface area contributed by atoms with Crippen LogP contribution in [0.3, 0.4) is 0 Å².